The van der Waals surface area contributed by atoms with Gasteiger partial charge < -0.3 is 30.9 Å². The van der Waals surface area contributed by atoms with Crippen molar-refractivity contribution in [3.05, 3.63) is 101 Å². The molecule has 1 heterocycles. The van der Waals surface area contributed by atoms with Crippen molar-refractivity contribution < 1.29 is 23.5 Å². The van der Waals surface area contributed by atoms with Gasteiger partial charge in [-0.15, -0.1) is 0 Å². The van der Waals surface area contributed by atoms with E-state index in [9.17, 15) is 23.5 Å². The number of aliphatic hydroxyl groups is 1. The summed E-state index contributed by atoms with van der Waals surface area (Å²) >= 11 is 0. The van der Waals surface area contributed by atoms with Crippen LogP contribution in [0.2, 0.25) is 0 Å². The highest BCUT2D eigenvalue weighted by molar-refractivity contribution is 5.90. The lowest BCUT2D eigenvalue weighted by atomic mass is 10.0. The van der Waals surface area contributed by atoms with E-state index in [1.54, 1.807) is 0 Å². The van der Waals surface area contributed by atoms with E-state index in [0.29, 0.717) is 13.0 Å². The molecule has 4 N–H and O–H groups in total. The molecule has 0 radical (unpaired) electrons. The number of hydrogen-bond acceptors (Lipinski definition) is 5. The highest BCUT2D eigenvalue weighted by Gasteiger charge is 2.35. The number of benzene rings is 3. The van der Waals surface area contributed by atoms with Crippen molar-refractivity contribution >= 4 is 17.6 Å². The lowest BCUT2D eigenvalue weighted by Crippen LogP contribution is -2.53. The second kappa shape index (κ2) is 13.4. The summed E-state index contributed by atoms with van der Waals surface area (Å²) in [5.74, 6) is -1.92. The molecule has 3 atom stereocenters. The maximum Gasteiger partial charge on any atom is 0.318 e. The summed E-state index contributed by atoms with van der Waals surface area (Å²) in [5, 5.41) is 19.9. The molecule has 0 saturated carbocycles. The van der Waals surface area contributed by atoms with Crippen LogP contribution in [0, 0.1) is 11.6 Å². The molecule has 3 amide bonds. The Labute approximate surface area is 233 Å². The van der Waals surface area contributed by atoms with Crippen LogP contribution in [0.25, 0.3) is 0 Å². The van der Waals surface area contributed by atoms with Gasteiger partial charge >= 0.3 is 6.03 Å². The van der Waals surface area contributed by atoms with Crippen LogP contribution in [0.1, 0.15) is 16.7 Å². The van der Waals surface area contributed by atoms with Crippen LogP contribution in [-0.2, 0) is 24.3 Å². The van der Waals surface area contributed by atoms with E-state index in [0.717, 1.165) is 35.0 Å². The summed E-state index contributed by atoms with van der Waals surface area (Å²) in [6.45, 7) is 0.758. The molecule has 0 aromatic heterocycles. The smallest absolute Gasteiger partial charge is 0.318 e. The number of halogens is 2. The predicted molar refractivity (Wildman–Crippen MR) is 150 cm³/mol. The van der Waals surface area contributed by atoms with Gasteiger partial charge in [-0.2, -0.15) is 0 Å². The summed E-state index contributed by atoms with van der Waals surface area (Å²) in [7, 11) is 3.95. The molecule has 3 aromatic rings. The van der Waals surface area contributed by atoms with Gasteiger partial charge in [-0.3, -0.25) is 4.79 Å². The number of aliphatic hydroxyl groups excluding tert-OH is 1. The molecule has 8 nitrogen and oxygen atoms in total. The molecule has 0 bridgehead atoms. The molecule has 0 aliphatic carbocycles. The van der Waals surface area contributed by atoms with Gasteiger partial charge in [0.1, 0.15) is 17.7 Å². The van der Waals surface area contributed by atoms with Gasteiger partial charge in [0, 0.05) is 45.5 Å². The van der Waals surface area contributed by atoms with E-state index < -0.39 is 41.8 Å². The van der Waals surface area contributed by atoms with Crippen LogP contribution in [0.15, 0.2) is 72.8 Å². The molecule has 1 saturated heterocycles. The van der Waals surface area contributed by atoms with E-state index in [2.05, 4.69) is 22.0 Å². The van der Waals surface area contributed by atoms with Gasteiger partial charge in [0.2, 0.25) is 5.91 Å². The summed E-state index contributed by atoms with van der Waals surface area (Å²) in [6.07, 6.45) is -0.525. The number of rotatable bonds is 12. The number of carbonyl (C=O) groups excluding carboxylic acids is 2. The number of carbonyl (C=O) groups is 2. The van der Waals surface area contributed by atoms with Crippen LogP contribution in [0.3, 0.4) is 0 Å². The number of urea groups is 1. The molecule has 10 heteroatoms. The topological polar surface area (TPSA) is 96.9 Å². The molecule has 3 aromatic carbocycles. The van der Waals surface area contributed by atoms with Gasteiger partial charge in [-0.1, -0.05) is 42.5 Å². The van der Waals surface area contributed by atoms with E-state index in [4.69, 9.17) is 0 Å². The average Bonchev–Trinajstić information content (AvgIpc) is 3.28. The molecule has 1 aliphatic rings. The summed E-state index contributed by atoms with van der Waals surface area (Å²) in [5.41, 5.74) is 3.36. The molecule has 212 valence electrons. The Morgan fingerprint density at radius 2 is 1.73 bits per heavy atom. The lowest BCUT2D eigenvalue weighted by Gasteiger charge is -2.26. The molecule has 4 rings (SSSR count). The first-order chi connectivity index (χ1) is 19.2. The van der Waals surface area contributed by atoms with Crippen molar-refractivity contribution in [1.29, 1.82) is 0 Å². The van der Waals surface area contributed by atoms with Crippen molar-refractivity contribution in [2.75, 3.05) is 32.1 Å². The minimum atomic E-state index is -0.912. The highest BCUT2D eigenvalue weighted by Crippen LogP contribution is 2.16. The van der Waals surface area contributed by atoms with E-state index in [1.807, 2.05) is 67.5 Å². The van der Waals surface area contributed by atoms with Crippen LogP contribution in [0.5, 0.6) is 0 Å². The Balaban J connectivity index is 1.37. The molecule has 1 aliphatic heterocycles. The number of amides is 3. The van der Waals surface area contributed by atoms with Gasteiger partial charge in [0.15, 0.2) is 0 Å². The number of nitrogens with zero attached hydrogens (tertiary/aromatic N) is 2. The number of anilines is 1. The Hall–Kier alpha value is -4.02. The third-order valence-electron chi connectivity index (χ3n) is 6.80. The first kappa shape index (κ1) is 29.0. The molecular formula is C30H35F2N5O3. The monoisotopic (exact) mass is 551 g/mol. The predicted octanol–water partition coefficient (Wildman–Crippen LogP) is 2.80. The van der Waals surface area contributed by atoms with Crippen LogP contribution in [-0.4, -0.2) is 67.3 Å². The van der Waals surface area contributed by atoms with Gasteiger partial charge in [0.05, 0.1) is 18.7 Å². The Morgan fingerprint density at radius 1 is 1.02 bits per heavy atom. The molecule has 0 unspecified atom stereocenters. The summed E-state index contributed by atoms with van der Waals surface area (Å²) in [4.78, 5) is 29.0. The quantitative estimate of drug-likeness (QED) is 0.278. The van der Waals surface area contributed by atoms with Gasteiger partial charge in [0.25, 0.3) is 0 Å². The fourth-order valence-electron chi connectivity index (χ4n) is 4.68. The minimum Gasteiger partial charge on any atom is -0.390 e. The fourth-order valence-corrected chi connectivity index (χ4v) is 4.68. The first-order valence-electron chi connectivity index (χ1n) is 13.2. The molecule has 1 fully saturated rings. The van der Waals surface area contributed by atoms with Crippen molar-refractivity contribution in [3.8, 4) is 0 Å². The van der Waals surface area contributed by atoms with Crippen LogP contribution >= 0.6 is 0 Å². The average molecular weight is 552 g/mol. The van der Waals surface area contributed by atoms with Crippen molar-refractivity contribution in [1.82, 2.24) is 20.9 Å². The Kier molecular flexibility index (Phi) is 9.68. The molecular weight excluding hydrogens is 516 g/mol. The molecule has 0 spiro atoms. The molecule has 40 heavy (non-hydrogen) atoms. The highest BCUT2D eigenvalue weighted by atomic mass is 19.1. The van der Waals surface area contributed by atoms with Crippen molar-refractivity contribution in [3.63, 3.8) is 0 Å². The number of hydrogen-bond donors (Lipinski definition) is 4. The second-order valence-electron chi connectivity index (χ2n) is 10.2. The zero-order valence-electron chi connectivity index (χ0n) is 22.6. The van der Waals surface area contributed by atoms with Crippen LogP contribution < -0.4 is 20.9 Å². The fraction of sp³-hybridized carbons (Fsp3) is 0.333. The first-order valence-corrected chi connectivity index (χ1v) is 13.2. The maximum absolute atomic E-state index is 13.6. The third kappa shape index (κ3) is 8.00. The summed E-state index contributed by atoms with van der Waals surface area (Å²) in [6, 6.07) is 18.6. The lowest BCUT2D eigenvalue weighted by molar-refractivity contribution is -0.124. The minimum absolute atomic E-state index is 0.0252. The normalized spacial score (nSPS) is 16.4. The SMILES string of the molecule is CN(C)c1cccc(CNC[C@@H](O)[C@H](Cc2ccccc2)NC(=O)[C@@H]2CN(Cc3cc(F)cc(F)c3)C(=O)N2)c1. The van der Waals surface area contributed by atoms with E-state index >= 15 is 0 Å². The van der Waals surface area contributed by atoms with E-state index in [-0.39, 0.29) is 25.2 Å². The standard InChI is InChI=1S/C30H35F2N5O3/c1-36(2)25-10-6-9-21(13-25)16-33-17-28(38)26(14-20-7-4-3-5-8-20)34-29(39)27-19-37(30(40)35-27)18-22-11-23(31)15-24(32)12-22/h3-13,15,26-28,33,38H,14,16-19H2,1-2H3,(H,34,39)(H,35,40)/t26-,27-,28+/m0/s1. The zero-order chi connectivity index (χ0) is 28.6. The zero-order valence-corrected chi connectivity index (χ0v) is 22.6. The van der Waals surface area contributed by atoms with Crippen LogP contribution in [0.4, 0.5) is 19.3 Å². The number of nitrogens with one attached hydrogen (secondary N) is 3. The van der Waals surface area contributed by atoms with Gasteiger partial charge in [-0.05, 0) is 47.4 Å². The van der Waals surface area contributed by atoms with Crippen molar-refractivity contribution in [2.24, 2.45) is 0 Å². The second-order valence-corrected chi connectivity index (χ2v) is 10.2. The van der Waals surface area contributed by atoms with E-state index in [1.165, 1.54) is 4.90 Å². The van der Waals surface area contributed by atoms with Crippen molar-refractivity contribution in [2.45, 2.75) is 37.7 Å². The largest absolute Gasteiger partial charge is 0.390 e. The Bertz CT molecular complexity index is 1290. The summed E-state index contributed by atoms with van der Waals surface area (Å²) < 4.78 is 27.2. The Morgan fingerprint density at radius 3 is 2.42 bits per heavy atom. The maximum atomic E-state index is 13.6. The third-order valence-corrected chi connectivity index (χ3v) is 6.80. The van der Waals surface area contributed by atoms with Gasteiger partial charge in [-0.25, -0.2) is 13.6 Å².